The van der Waals surface area contributed by atoms with Crippen LogP contribution in [0.2, 0.25) is 0 Å². The van der Waals surface area contributed by atoms with Gasteiger partial charge < -0.3 is 10.5 Å². The average molecular weight is 241 g/mol. The first kappa shape index (κ1) is 11.7. The van der Waals surface area contributed by atoms with Crippen LogP contribution in [0.3, 0.4) is 0 Å². The first-order valence-electron chi connectivity index (χ1n) is 6.68. The van der Waals surface area contributed by atoms with E-state index < -0.39 is 0 Å². The first-order valence-corrected chi connectivity index (χ1v) is 6.68. The lowest BCUT2D eigenvalue weighted by molar-refractivity contribution is 0.0363. The third-order valence-corrected chi connectivity index (χ3v) is 3.84. The van der Waals surface area contributed by atoms with Gasteiger partial charge in [0.2, 0.25) is 0 Å². The van der Waals surface area contributed by atoms with E-state index >= 15 is 0 Å². The summed E-state index contributed by atoms with van der Waals surface area (Å²) in [6, 6.07) is 15.0. The molecule has 1 aliphatic carbocycles. The maximum atomic E-state index is 6.03. The van der Waals surface area contributed by atoms with Gasteiger partial charge in [-0.2, -0.15) is 0 Å². The molecule has 2 heteroatoms. The molecule has 2 nitrogen and oxygen atoms in total. The monoisotopic (exact) mass is 241 g/mol. The normalized spacial score (nSPS) is 23.6. The molecule has 94 valence electrons. The van der Waals surface area contributed by atoms with Crippen molar-refractivity contribution in [1.82, 2.24) is 0 Å². The number of benzene rings is 2. The zero-order valence-electron chi connectivity index (χ0n) is 10.5. The van der Waals surface area contributed by atoms with Crippen LogP contribution in [0.5, 0.6) is 0 Å². The molecule has 0 aromatic heterocycles. The molecular weight excluding hydrogens is 222 g/mol. The van der Waals surface area contributed by atoms with Crippen LogP contribution in [-0.4, -0.2) is 12.1 Å². The minimum absolute atomic E-state index is 0.222. The first-order chi connectivity index (χ1) is 8.84. The zero-order valence-corrected chi connectivity index (χ0v) is 10.5. The Morgan fingerprint density at radius 1 is 1.06 bits per heavy atom. The Bertz CT molecular complexity index is 532. The van der Waals surface area contributed by atoms with Gasteiger partial charge in [0.15, 0.2) is 0 Å². The highest BCUT2D eigenvalue weighted by Crippen LogP contribution is 2.24. The SMILES string of the molecule is NC1CCCC1OCc1cccc2ccccc12. The van der Waals surface area contributed by atoms with Crippen LogP contribution in [-0.2, 0) is 11.3 Å². The summed E-state index contributed by atoms with van der Waals surface area (Å²) in [4.78, 5) is 0. The third kappa shape index (κ3) is 2.26. The molecule has 0 radical (unpaired) electrons. The molecule has 18 heavy (non-hydrogen) atoms. The van der Waals surface area contributed by atoms with Crippen molar-refractivity contribution in [2.45, 2.75) is 38.0 Å². The molecule has 3 rings (SSSR count). The summed E-state index contributed by atoms with van der Waals surface area (Å²) >= 11 is 0. The van der Waals surface area contributed by atoms with E-state index in [1.165, 1.54) is 22.8 Å². The quantitative estimate of drug-likeness (QED) is 0.895. The Labute approximate surface area is 108 Å². The van der Waals surface area contributed by atoms with Gasteiger partial charge in [-0.3, -0.25) is 0 Å². The van der Waals surface area contributed by atoms with E-state index in [0.717, 1.165) is 12.8 Å². The van der Waals surface area contributed by atoms with Gasteiger partial charge >= 0.3 is 0 Å². The maximum absolute atomic E-state index is 6.03. The van der Waals surface area contributed by atoms with Gasteiger partial charge in [-0.05, 0) is 35.6 Å². The van der Waals surface area contributed by atoms with Gasteiger partial charge in [-0.1, -0.05) is 42.5 Å². The second kappa shape index (κ2) is 5.09. The summed E-state index contributed by atoms with van der Waals surface area (Å²) < 4.78 is 5.98. The molecule has 0 aliphatic heterocycles. The number of nitrogens with two attached hydrogens (primary N) is 1. The maximum Gasteiger partial charge on any atom is 0.0730 e. The Kier molecular flexibility index (Phi) is 3.31. The van der Waals surface area contributed by atoms with E-state index in [9.17, 15) is 0 Å². The summed E-state index contributed by atoms with van der Waals surface area (Å²) in [5.74, 6) is 0. The van der Waals surface area contributed by atoms with Gasteiger partial charge in [-0.15, -0.1) is 0 Å². The summed E-state index contributed by atoms with van der Waals surface area (Å²) in [5.41, 5.74) is 7.29. The minimum atomic E-state index is 0.222. The van der Waals surface area contributed by atoms with Crippen molar-refractivity contribution in [3.8, 4) is 0 Å². The molecule has 1 fully saturated rings. The third-order valence-electron chi connectivity index (χ3n) is 3.84. The Balaban J connectivity index is 1.78. The molecular formula is C16H19NO. The lowest BCUT2D eigenvalue weighted by Gasteiger charge is -2.17. The van der Waals surface area contributed by atoms with E-state index in [0.29, 0.717) is 6.61 Å². The number of fused-ring (bicyclic) bond motifs is 1. The van der Waals surface area contributed by atoms with Crippen LogP contribution in [0.15, 0.2) is 42.5 Å². The summed E-state index contributed by atoms with van der Waals surface area (Å²) in [5, 5.41) is 2.56. The van der Waals surface area contributed by atoms with E-state index in [2.05, 4.69) is 42.5 Å². The van der Waals surface area contributed by atoms with Gasteiger partial charge in [-0.25, -0.2) is 0 Å². The average Bonchev–Trinajstić information content (AvgIpc) is 2.82. The molecule has 2 aromatic rings. The largest absolute Gasteiger partial charge is 0.372 e. The molecule has 0 bridgehead atoms. The summed E-state index contributed by atoms with van der Waals surface area (Å²) in [6.45, 7) is 0.666. The van der Waals surface area contributed by atoms with Crippen molar-refractivity contribution < 1.29 is 4.74 Å². The second-order valence-corrected chi connectivity index (χ2v) is 5.08. The number of hydrogen-bond acceptors (Lipinski definition) is 2. The van der Waals surface area contributed by atoms with Crippen molar-refractivity contribution in [2.75, 3.05) is 0 Å². The van der Waals surface area contributed by atoms with E-state index in [-0.39, 0.29) is 12.1 Å². The molecule has 2 N–H and O–H groups in total. The molecule has 0 spiro atoms. The van der Waals surface area contributed by atoms with Gasteiger partial charge in [0.25, 0.3) is 0 Å². The Morgan fingerprint density at radius 3 is 2.72 bits per heavy atom. The molecule has 2 aromatic carbocycles. The van der Waals surface area contributed by atoms with Crippen molar-refractivity contribution in [1.29, 1.82) is 0 Å². The smallest absolute Gasteiger partial charge is 0.0730 e. The van der Waals surface area contributed by atoms with Crippen molar-refractivity contribution in [2.24, 2.45) is 5.73 Å². The molecule has 0 amide bonds. The Hall–Kier alpha value is -1.38. The predicted octanol–water partition coefficient (Wildman–Crippen LogP) is 3.24. The molecule has 1 saturated carbocycles. The fraction of sp³-hybridized carbons (Fsp3) is 0.375. The van der Waals surface area contributed by atoms with Crippen LogP contribution in [0.1, 0.15) is 24.8 Å². The van der Waals surface area contributed by atoms with Crippen LogP contribution >= 0.6 is 0 Å². The fourth-order valence-electron chi connectivity index (χ4n) is 2.78. The van der Waals surface area contributed by atoms with Crippen LogP contribution < -0.4 is 5.73 Å². The van der Waals surface area contributed by atoms with Crippen LogP contribution in [0, 0.1) is 0 Å². The molecule has 1 aliphatic rings. The number of ether oxygens (including phenoxy) is 1. The van der Waals surface area contributed by atoms with Crippen molar-refractivity contribution >= 4 is 10.8 Å². The zero-order chi connectivity index (χ0) is 12.4. The summed E-state index contributed by atoms with van der Waals surface area (Å²) in [7, 11) is 0. The Morgan fingerprint density at radius 2 is 1.89 bits per heavy atom. The highest BCUT2D eigenvalue weighted by molar-refractivity contribution is 5.85. The van der Waals surface area contributed by atoms with Gasteiger partial charge in [0, 0.05) is 6.04 Å². The molecule has 2 atom stereocenters. The lowest BCUT2D eigenvalue weighted by Crippen LogP contribution is -2.31. The molecule has 0 saturated heterocycles. The number of rotatable bonds is 3. The highest BCUT2D eigenvalue weighted by atomic mass is 16.5. The standard InChI is InChI=1S/C16H19NO/c17-15-9-4-10-16(15)18-11-13-7-3-6-12-5-1-2-8-14(12)13/h1-3,5-8,15-16H,4,9-11,17H2. The second-order valence-electron chi connectivity index (χ2n) is 5.08. The molecule has 0 heterocycles. The number of hydrogen-bond donors (Lipinski definition) is 1. The van der Waals surface area contributed by atoms with Gasteiger partial charge in [0.1, 0.15) is 0 Å². The van der Waals surface area contributed by atoms with Crippen molar-refractivity contribution in [3.63, 3.8) is 0 Å². The van der Waals surface area contributed by atoms with E-state index in [1.54, 1.807) is 0 Å². The predicted molar refractivity (Wildman–Crippen MR) is 74.4 cm³/mol. The van der Waals surface area contributed by atoms with E-state index in [4.69, 9.17) is 10.5 Å². The van der Waals surface area contributed by atoms with Crippen LogP contribution in [0.25, 0.3) is 10.8 Å². The fourth-order valence-corrected chi connectivity index (χ4v) is 2.78. The highest BCUT2D eigenvalue weighted by Gasteiger charge is 2.24. The van der Waals surface area contributed by atoms with E-state index in [1.807, 2.05) is 0 Å². The van der Waals surface area contributed by atoms with Gasteiger partial charge in [0.05, 0.1) is 12.7 Å². The molecule has 2 unspecified atom stereocenters. The van der Waals surface area contributed by atoms with Crippen LogP contribution in [0.4, 0.5) is 0 Å². The summed E-state index contributed by atoms with van der Waals surface area (Å²) in [6.07, 6.45) is 3.64. The lowest BCUT2D eigenvalue weighted by atomic mass is 10.1. The topological polar surface area (TPSA) is 35.2 Å². The van der Waals surface area contributed by atoms with Crippen molar-refractivity contribution in [3.05, 3.63) is 48.0 Å². The minimum Gasteiger partial charge on any atom is -0.372 e.